The summed E-state index contributed by atoms with van der Waals surface area (Å²) < 4.78 is 7.33. The molecule has 0 aliphatic heterocycles. The Hall–Kier alpha value is -3.35. The lowest BCUT2D eigenvalue weighted by Gasteiger charge is -2.11. The normalized spacial score (nSPS) is 10.7. The fraction of sp³-hybridized carbons (Fsp3) is 0.318. The van der Waals surface area contributed by atoms with E-state index in [0.29, 0.717) is 5.75 Å². The lowest BCUT2D eigenvalue weighted by atomic mass is 10.2. The van der Waals surface area contributed by atoms with Crippen molar-refractivity contribution < 1.29 is 14.3 Å². The molecule has 1 heterocycles. The number of imidazole rings is 1. The summed E-state index contributed by atoms with van der Waals surface area (Å²) in [6.45, 7) is 3.97. The first-order valence-corrected chi connectivity index (χ1v) is 9.78. The molecule has 0 aliphatic carbocycles. The molecule has 3 rings (SSSR count). The summed E-state index contributed by atoms with van der Waals surface area (Å²) in [5.41, 5.74) is 7.66. The standard InChI is InChI=1S/C22H26N4O3/c1-3-4-12-20-23-18-10-5-6-11-19(18)26(20)14-21(27)24-25-22(28)15-29-17-9-7-8-16(2)13-17/h5-11,13H,3-4,12,14-15H2,1-2H3,(H,24,27)(H,25,28). The lowest BCUT2D eigenvalue weighted by molar-refractivity contribution is -0.130. The molecule has 2 aromatic carbocycles. The van der Waals surface area contributed by atoms with E-state index >= 15 is 0 Å². The van der Waals surface area contributed by atoms with Crippen molar-refractivity contribution in [2.45, 2.75) is 39.7 Å². The number of carbonyl (C=O) groups excluding carboxylic acids is 2. The van der Waals surface area contributed by atoms with Gasteiger partial charge in [-0.05, 0) is 43.2 Å². The molecule has 152 valence electrons. The Morgan fingerprint density at radius 3 is 2.66 bits per heavy atom. The van der Waals surface area contributed by atoms with Crippen LogP contribution in [0, 0.1) is 6.92 Å². The van der Waals surface area contributed by atoms with Gasteiger partial charge in [-0.3, -0.25) is 20.4 Å². The Morgan fingerprint density at radius 2 is 1.86 bits per heavy atom. The van der Waals surface area contributed by atoms with Gasteiger partial charge in [0.2, 0.25) is 0 Å². The van der Waals surface area contributed by atoms with Gasteiger partial charge in [0.1, 0.15) is 18.1 Å². The van der Waals surface area contributed by atoms with E-state index < -0.39 is 5.91 Å². The Balaban J connectivity index is 1.55. The number of hydrogen-bond donors (Lipinski definition) is 2. The first kappa shape index (κ1) is 20.4. The highest BCUT2D eigenvalue weighted by Crippen LogP contribution is 2.17. The zero-order valence-electron chi connectivity index (χ0n) is 16.8. The summed E-state index contributed by atoms with van der Waals surface area (Å²) >= 11 is 0. The van der Waals surface area contributed by atoms with Crippen molar-refractivity contribution in [3.8, 4) is 5.75 Å². The summed E-state index contributed by atoms with van der Waals surface area (Å²) in [6, 6.07) is 15.2. The number of nitrogens with one attached hydrogen (secondary N) is 2. The summed E-state index contributed by atoms with van der Waals surface area (Å²) in [4.78, 5) is 29.0. The Labute approximate surface area is 170 Å². The van der Waals surface area contributed by atoms with Crippen molar-refractivity contribution in [2.24, 2.45) is 0 Å². The molecule has 0 radical (unpaired) electrons. The monoisotopic (exact) mass is 394 g/mol. The number of para-hydroxylation sites is 2. The maximum Gasteiger partial charge on any atom is 0.276 e. The maximum absolute atomic E-state index is 12.4. The van der Waals surface area contributed by atoms with Crippen molar-refractivity contribution in [1.29, 1.82) is 0 Å². The van der Waals surface area contributed by atoms with Gasteiger partial charge in [-0.1, -0.05) is 37.6 Å². The Bertz CT molecular complexity index is 997. The Kier molecular flexibility index (Phi) is 6.84. The van der Waals surface area contributed by atoms with E-state index in [1.165, 1.54) is 0 Å². The molecule has 1 aromatic heterocycles. The molecule has 0 atom stereocenters. The van der Waals surface area contributed by atoms with E-state index in [-0.39, 0.29) is 19.1 Å². The molecular weight excluding hydrogens is 368 g/mol. The highest BCUT2D eigenvalue weighted by atomic mass is 16.5. The second-order valence-electron chi connectivity index (χ2n) is 6.91. The lowest BCUT2D eigenvalue weighted by Crippen LogP contribution is -2.45. The molecule has 0 bridgehead atoms. The van der Waals surface area contributed by atoms with Crippen LogP contribution in [0.3, 0.4) is 0 Å². The molecular formula is C22H26N4O3. The highest BCUT2D eigenvalue weighted by Gasteiger charge is 2.14. The van der Waals surface area contributed by atoms with Crippen LogP contribution in [-0.2, 0) is 22.6 Å². The van der Waals surface area contributed by atoms with Crippen LogP contribution >= 0.6 is 0 Å². The number of aromatic nitrogens is 2. The number of aryl methyl sites for hydroxylation is 2. The van der Waals surface area contributed by atoms with Crippen LogP contribution in [0.25, 0.3) is 11.0 Å². The van der Waals surface area contributed by atoms with E-state index in [9.17, 15) is 9.59 Å². The molecule has 7 nitrogen and oxygen atoms in total. The maximum atomic E-state index is 12.4. The van der Waals surface area contributed by atoms with Crippen LogP contribution in [-0.4, -0.2) is 28.0 Å². The number of unbranched alkanes of at least 4 members (excludes halogenated alkanes) is 1. The van der Waals surface area contributed by atoms with Gasteiger partial charge in [-0.2, -0.15) is 0 Å². The third-order valence-corrected chi connectivity index (χ3v) is 4.49. The second kappa shape index (κ2) is 9.73. The first-order chi connectivity index (χ1) is 14.1. The Morgan fingerprint density at radius 1 is 1.07 bits per heavy atom. The molecule has 2 N–H and O–H groups in total. The average Bonchev–Trinajstić information content (AvgIpc) is 3.06. The van der Waals surface area contributed by atoms with E-state index in [4.69, 9.17) is 4.74 Å². The topological polar surface area (TPSA) is 85.3 Å². The van der Waals surface area contributed by atoms with Crippen molar-refractivity contribution in [3.05, 3.63) is 59.9 Å². The zero-order valence-corrected chi connectivity index (χ0v) is 16.8. The van der Waals surface area contributed by atoms with Gasteiger partial charge in [-0.25, -0.2) is 4.98 Å². The number of fused-ring (bicyclic) bond motifs is 1. The molecule has 0 spiro atoms. The van der Waals surface area contributed by atoms with Crippen LogP contribution in [0.5, 0.6) is 5.75 Å². The van der Waals surface area contributed by atoms with E-state index in [1.807, 2.05) is 54.0 Å². The number of amides is 2. The van der Waals surface area contributed by atoms with Crippen LogP contribution in [0.1, 0.15) is 31.2 Å². The molecule has 0 saturated carbocycles. The van der Waals surface area contributed by atoms with Crippen molar-refractivity contribution >= 4 is 22.8 Å². The number of hydrogen-bond acceptors (Lipinski definition) is 4. The summed E-state index contributed by atoms with van der Waals surface area (Å²) in [5, 5.41) is 0. The van der Waals surface area contributed by atoms with Crippen LogP contribution < -0.4 is 15.6 Å². The number of carbonyl (C=O) groups is 2. The molecule has 3 aromatic rings. The predicted octanol–water partition coefficient (Wildman–Crippen LogP) is 2.91. The van der Waals surface area contributed by atoms with Crippen LogP contribution in [0.2, 0.25) is 0 Å². The van der Waals surface area contributed by atoms with Gasteiger partial charge in [0.05, 0.1) is 11.0 Å². The molecule has 0 aliphatic rings. The first-order valence-electron chi connectivity index (χ1n) is 9.78. The minimum absolute atomic E-state index is 0.0819. The van der Waals surface area contributed by atoms with Gasteiger partial charge in [0.25, 0.3) is 11.8 Å². The molecule has 0 fully saturated rings. The predicted molar refractivity (Wildman–Crippen MR) is 111 cm³/mol. The van der Waals surface area contributed by atoms with E-state index in [1.54, 1.807) is 6.07 Å². The van der Waals surface area contributed by atoms with E-state index in [0.717, 1.165) is 41.7 Å². The minimum atomic E-state index is -0.429. The van der Waals surface area contributed by atoms with Gasteiger partial charge < -0.3 is 9.30 Å². The number of hydrazine groups is 1. The quantitative estimate of drug-likeness (QED) is 0.575. The van der Waals surface area contributed by atoms with Crippen molar-refractivity contribution in [1.82, 2.24) is 20.4 Å². The van der Waals surface area contributed by atoms with Gasteiger partial charge >= 0.3 is 0 Å². The smallest absolute Gasteiger partial charge is 0.276 e. The minimum Gasteiger partial charge on any atom is -0.484 e. The van der Waals surface area contributed by atoms with Crippen molar-refractivity contribution in [2.75, 3.05) is 6.61 Å². The van der Waals surface area contributed by atoms with Gasteiger partial charge in [0.15, 0.2) is 6.61 Å². The summed E-state index contributed by atoms with van der Waals surface area (Å²) in [7, 11) is 0. The molecule has 0 saturated heterocycles. The number of nitrogens with zero attached hydrogens (tertiary/aromatic N) is 2. The van der Waals surface area contributed by atoms with Crippen molar-refractivity contribution in [3.63, 3.8) is 0 Å². The van der Waals surface area contributed by atoms with E-state index in [2.05, 4.69) is 22.8 Å². The molecule has 0 unspecified atom stereocenters. The SMILES string of the molecule is CCCCc1nc2ccccc2n1CC(=O)NNC(=O)COc1cccc(C)c1. The number of ether oxygens (including phenoxy) is 1. The van der Waals surface area contributed by atoms with Gasteiger partial charge in [-0.15, -0.1) is 0 Å². The number of rotatable bonds is 8. The van der Waals surface area contributed by atoms with Crippen LogP contribution in [0.4, 0.5) is 0 Å². The molecule has 29 heavy (non-hydrogen) atoms. The molecule has 2 amide bonds. The highest BCUT2D eigenvalue weighted by molar-refractivity contribution is 5.84. The second-order valence-corrected chi connectivity index (χ2v) is 6.91. The number of benzene rings is 2. The zero-order chi connectivity index (χ0) is 20.6. The van der Waals surface area contributed by atoms with Crippen LogP contribution in [0.15, 0.2) is 48.5 Å². The third kappa shape index (κ3) is 5.57. The van der Waals surface area contributed by atoms with Gasteiger partial charge in [0, 0.05) is 6.42 Å². The molecule has 7 heteroatoms. The summed E-state index contributed by atoms with van der Waals surface area (Å²) in [5.74, 6) is 0.727. The largest absolute Gasteiger partial charge is 0.484 e. The fourth-order valence-corrected chi connectivity index (χ4v) is 3.04. The third-order valence-electron chi connectivity index (χ3n) is 4.49. The fourth-order valence-electron chi connectivity index (χ4n) is 3.04. The average molecular weight is 394 g/mol. The summed E-state index contributed by atoms with van der Waals surface area (Å²) in [6.07, 6.45) is 2.85.